The molecule has 0 atom stereocenters. The molecule has 0 N–H and O–H groups in total. The second kappa shape index (κ2) is 6.38. The average Bonchev–Trinajstić information content (AvgIpc) is 2.25. The molecule has 0 aliphatic heterocycles. The Bertz CT molecular complexity index is 319. The summed E-state index contributed by atoms with van der Waals surface area (Å²) in [7, 11) is 2.04. The standard InChI is InChI=1S/C11H15BrFNS/c1-14(5-6-15-2)11-4-3-10(13)7-9(11)8-12/h3-4,7H,5-6,8H2,1-2H3. The van der Waals surface area contributed by atoms with E-state index in [1.54, 1.807) is 6.07 Å². The number of halogens is 2. The van der Waals surface area contributed by atoms with Gasteiger partial charge < -0.3 is 4.90 Å². The minimum atomic E-state index is -0.175. The van der Waals surface area contributed by atoms with Crippen molar-refractivity contribution in [3.63, 3.8) is 0 Å². The molecule has 1 aromatic carbocycles. The average molecular weight is 292 g/mol. The maximum atomic E-state index is 13.0. The third-order valence-electron chi connectivity index (χ3n) is 2.23. The highest BCUT2D eigenvalue weighted by Gasteiger charge is 2.07. The molecule has 4 heteroatoms. The van der Waals surface area contributed by atoms with Crippen molar-refractivity contribution in [2.45, 2.75) is 5.33 Å². The summed E-state index contributed by atoms with van der Waals surface area (Å²) < 4.78 is 13.0. The van der Waals surface area contributed by atoms with E-state index < -0.39 is 0 Å². The Morgan fingerprint density at radius 3 is 2.80 bits per heavy atom. The Labute approximate surface area is 103 Å². The van der Waals surface area contributed by atoms with Crippen molar-refractivity contribution < 1.29 is 4.39 Å². The van der Waals surface area contributed by atoms with Crippen LogP contribution < -0.4 is 4.90 Å². The van der Waals surface area contributed by atoms with E-state index in [1.807, 2.05) is 24.9 Å². The Kier molecular flexibility index (Phi) is 5.47. The van der Waals surface area contributed by atoms with E-state index in [0.717, 1.165) is 23.5 Å². The van der Waals surface area contributed by atoms with Crippen LogP contribution in [0.4, 0.5) is 10.1 Å². The summed E-state index contributed by atoms with van der Waals surface area (Å²) in [5, 5.41) is 0.684. The number of anilines is 1. The number of hydrogen-bond donors (Lipinski definition) is 0. The summed E-state index contributed by atoms with van der Waals surface area (Å²) in [6.07, 6.45) is 2.09. The largest absolute Gasteiger partial charge is 0.374 e. The molecule has 0 unspecified atom stereocenters. The Balaban J connectivity index is 2.82. The summed E-state index contributed by atoms with van der Waals surface area (Å²) >= 11 is 5.19. The third-order valence-corrected chi connectivity index (χ3v) is 3.42. The van der Waals surface area contributed by atoms with Gasteiger partial charge in [-0.2, -0.15) is 11.8 Å². The highest BCUT2D eigenvalue weighted by molar-refractivity contribution is 9.08. The molecule has 1 nitrogen and oxygen atoms in total. The number of alkyl halides is 1. The Hall–Kier alpha value is -0.220. The highest BCUT2D eigenvalue weighted by Crippen LogP contribution is 2.23. The van der Waals surface area contributed by atoms with Crippen LogP contribution >= 0.6 is 27.7 Å². The molecule has 1 rings (SSSR count). The summed E-state index contributed by atoms with van der Waals surface area (Å²) in [5.74, 6) is 0.904. The van der Waals surface area contributed by atoms with Gasteiger partial charge in [0.25, 0.3) is 0 Å². The predicted octanol–water partition coefficient (Wildman–Crippen LogP) is 3.52. The fraction of sp³-hybridized carbons (Fsp3) is 0.455. The van der Waals surface area contributed by atoms with Gasteiger partial charge in [0.15, 0.2) is 0 Å². The second-order valence-electron chi connectivity index (χ2n) is 3.32. The van der Waals surface area contributed by atoms with Crippen LogP contribution in [0.1, 0.15) is 5.56 Å². The number of thioether (sulfide) groups is 1. The molecule has 1 aromatic rings. The van der Waals surface area contributed by atoms with Gasteiger partial charge >= 0.3 is 0 Å². The summed E-state index contributed by atoms with van der Waals surface area (Å²) in [6.45, 7) is 0.979. The molecule has 15 heavy (non-hydrogen) atoms. The summed E-state index contributed by atoms with van der Waals surface area (Å²) in [5.41, 5.74) is 2.10. The first-order valence-electron chi connectivity index (χ1n) is 4.73. The maximum absolute atomic E-state index is 13.0. The normalized spacial score (nSPS) is 10.4. The molecule has 0 aliphatic rings. The number of benzene rings is 1. The van der Waals surface area contributed by atoms with E-state index in [4.69, 9.17) is 0 Å². The first kappa shape index (κ1) is 12.8. The van der Waals surface area contributed by atoms with E-state index in [2.05, 4.69) is 27.1 Å². The zero-order chi connectivity index (χ0) is 11.3. The van der Waals surface area contributed by atoms with Crippen molar-refractivity contribution in [3.8, 4) is 0 Å². The fourth-order valence-electron chi connectivity index (χ4n) is 1.38. The van der Waals surface area contributed by atoms with Crippen LogP contribution in [0.2, 0.25) is 0 Å². The van der Waals surface area contributed by atoms with E-state index in [1.165, 1.54) is 6.07 Å². The van der Waals surface area contributed by atoms with Gasteiger partial charge in [-0.05, 0) is 30.0 Å². The molecule has 0 fully saturated rings. The molecule has 0 spiro atoms. The van der Waals surface area contributed by atoms with E-state index in [-0.39, 0.29) is 5.82 Å². The number of hydrogen-bond acceptors (Lipinski definition) is 2. The molecule has 0 aromatic heterocycles. The van der Waals surface area contributed by atoms with E-state index in [0.29, 0.717) is 5.33 Å². The van der Waals surface area contributed by atoms with Crippen LogP contribution in [0.25, 0.3) is 0 Å². The lowest BCUT2D eigenvalue weighted by Gasteiger charge is -2.21. The minimum absolute atomic E-state index is 0.175. The molecule has 0 saturated heterocycles. The lowest BCUT2D eigenvalue weighted by molar-refractivity contribution is 0.626. The Morgan fingerprint density at radius 1 is 1.47 bits per heavy atom. The van der Waals surface area contributed by atoms with Crippen LogP contribution in [0.5, 0.6) is 0 Å². The van der Waals surface area contributed by atoms with Gasteiger partial charge in [0.05, 0.1) is 0 Å². The van der Waals surface area contributed by atoms with Crippen LogP contribution in [0, 0.1) is 5.82 Å². The first-order valence-corrected chi connectivity index (χ1v) is 7.25. The van der Waals surface area contributed by atoms with Crippen LogP contribution in [-0.2, 0) is 5.33 Å². The minimum Gasteiger partial charge on any atom is -0.374 e. The van der Waals surface area contributed by atoms with E-state index in [9.17, 15) is 4.39 Å². The lowest BCUT2D eigenvalue weighted by atomic mass is 10.2. The van der Waals surface area contributed by atoms with Gasteiger partial charge in [0.2, 0.25) is 0 Å². The molecule has 0 bridgehead atoms. The number of nitrogens with zero attached hydrogens (tertiary/aromatic N) is 1. The first-order chi connectivity index (χ1) is 7.19. The summed E-state index contributed by atoms with van der Waals surface area (Å²) in [4.78, 5) is 2.16. The lowest BCUT2D eigenvalue weighted by Crippen LogP contribution is -2.21. The van der Waals surface area contributed by atoms with Gasteiger partial charge in [-0.25, -0.2) is 4.39 Å². The molecule has 0 saturated carbocycles. The smallest absolute Gasteiger partial charge is 0.123 e. The van der Waals surface area contributed by atoms with Crippen molar-refractivity contribution in [2.75, 3.05) is 30.5 Å². The third kappa shape index (κ3) is 3.68. The van der Waals surface area contributed by atoms with Crippen molar-refractivity contribution in [2.24, 2.45) is 0 Å². The van der Waals surface area contributed by atoms with Gasteiger partial charge in [-0.15, -0.1) is 0 Å². The van der Waals surface area contributed by atoms with Crippen LogP contribution in [0.3, 0.4) is 0 Å². The van der Waals surface area contributed by atoms with Gasteiger partial charge in [-0.1, -0.05) is 15.9 Å². The topological polar surface area (TPSA) is 3.24 Å². The highest BCUT2D eigenvalue weighted by atomic mass is 79.9. The molecular weight excluding hydrogens is 277 g/mol. The molecule has 0 heterocycles. The van der Waals surface area contributed by atoms with Crippen LogP contribution in [-0.4, -0.2) is 25.6 Å². The molecule has 0 radical (unpaired) electrons. The molecular formula is C11H15BrFNS. The van der Waals surface area contributed by atoms with Crippen molar-refractivity contribution in [1.29, 1.82) is 0 Å². The van der Waals surface area contributed by atoms with E-state index >= 15 is 0 Å². The SMILES string of the molecule is CSCCN(C)c1ccc(F)cc1CBr. The monoisotopic (exact) mass is 291 g/mol. The zero-order valence-corrected chi connectivity index (χ0v) is 11.4. The zero-order valence-electron chi connectivity index (χ0n) is 8.96. The van der Waals surface area contributed by atoms with Crippen molar-refractivity contribution >= 4 is 33.4 Å². The maximum Gasteiger partial charge on any atom is 0.123 e. The quantitative estimate of drug-likeness (QED) is 0.764. The van der Waals surface area contributed by atoms with Crippen molar-refractivity contribution in [3.05, 3.63) is 29.6 Å². The Morgan fingerprint density at radius 2 is 2.20 bits per heavy atom. The summed E-state index contributed by atoms with van der Waals surface area (Å²) in [6, 6.07) is 4.93. The van der Waals surface area contributed by atoms with Gasteiger partial charge in [0.1, 0.15) is 5.82 Å². The number of rotatable bonds is 5. The molecule has 0 amide bonds. The van der Waals surface area contributed by atoms with Crippen molar-refractivity contribution in [1.82, 2.24) is 0 Å². The predicted molar refractivity (Wildman–Crippen MR) is 70.7 cm³/mol. The molecule has 0 aliphatic carbocycles. The fourth-order valence-corrected chi connectivity index (χ4v) is 2.29. The van der Waals surface area contributed by atoms with Crippen LogP contribution in [0.15, 0.2) is 18.2 Å². The molecule has 84 valence electrons. The van der Waals surface area contributed by atoms with Gasteiger partial charge in [-0.3, -0.25) is 0 Å². The second-order valence-corrected chi connectivity index (χ2v) is 4.87. The van der Waals surface area contributed by atoms with Gasteiger partial charge in [0, 0.05) is 30.4 Å².